The van der Waals surface area contributed by atoms with Crippen LogP contribution in [0.15, 0.2) is 6.07 Å². The zero-order valence-electron chi connectivity index (χ0n) is 17.2. The van der Waals surface area contributed by atoms with Crippen LogP contribution in [0.4, 0.5) is 0 Å². The van der Waals surface area contributed by atoms with Crippen molar-refractivity contribution in [1.29, 1.82) is 0 Å². The number of ether oxygens (including phenoxy) is 2. The minimum atomic E-state index is -0.385. The molecule has 2 aliphatic rings. The number of methoxy groups -OCH3 is 1. The van der Waals surface area contributed by atoms with Gasteiger partial charge >= 0.3 is 0 Å². The van der Waals surface area contributed by atoms with Gasteiger partial charge in [-0.25, -0.2) is 0 Å². The first-order valence-corrected chi connectivity index (χ1v) is 10.4. The van der Waals surface area contributed by atoms with Gasteiger partial charge in [0.05, 0.1) is 25.5 Å². The molecule has 0 spiro atoms. The summed E-state index contributed by atoms with van der Waals surface area (Å²) in [5, 5.41) is 8.06. The molecule has 2 atom stereocenters. The Labute approximate surface area is 167 Å². The van der Waals surface area contributed by atoms with Crippen molar-refractivity contribution in [1.82, 2.24) is 20.0 Å². The first-order chi connectivity index (χ1) is 13.7. The number of aromatic nitrogens is 2. The summed E-state index contributed by atoms with van der Waals surface area (Å²) in [5.41, 5.74) is 2.16. The Balaban J connectivity index is 1.70. The first kappa shape index (κ1) is 20.7. The molecule has 1 aromatic heterocycles. The number of morpholine rings is 1. The molecule has 1 aliphatic heterocycles. The molecule has 3 rings (SSSR count). The van der Waals surface area contributed by atoms with Gasteiger partial charge in [-0.2, -0.15) is 5.10 Å². The van der Waals surface area contributed by atoms with Gasteiger partial charge in [-0.1, -0.05) is 5.92 Å². The van der Waals surface area contributed by atoms with Gasteiger partial charge in [-0.3, -0.25) is 9.48 Å². The van der Waals surface area contributed by atoms with Crippen LogP contribution in [-0.4, -0.2) is 59.5 Å². The highest BCUT2D eigenvalue weighted by Crippen LogP contribution is 2.35. The zero-order chi connectivity index (χ0) is 19.9. The van der Waals surface area contributed by atoms with Crippen LogP contribution in [0.1, 0.15) is 57.0 Å². The minimum Gasteiger partial charge on any atom is -0.450 e. The van der Waals surface area contributed by atoms with E-state index in [1.165, 1.54) is 5.69 Å². The molecule has 1 aromatic rings. The lowest BCUT2D eigenvalue weighted by Crippen LogP contribution is -2.50. The molecule has 1 saturated carbocycles. The largest absolute Gasteiger partial charge is 0.450 e. The number of unbranched alkanes of at least 4 members (excludes halogenated alkanes) is 1. The van der Waals surface area contributed by atoms with Gasteiger partial charge in [-0.05, 0) is 45.6 Å². The third kappa shape index (κ3) is 5.06. The third-order valence-corrected chi connectivity index (χ3v) is 5.33. The van der Waals surface area contributed by atoms with E-state index in [1.54, 1.807) is 7.11 Å². The Hall–Kier alpha value is -2.04. The molecule has 1 aliphatic carbocycles. The van der Waals surface area contributed by atoms with Crippen LogP contribution in [0.2, 0.25) is 0 Å². The van der Waals surface area contributed by atoms with E-state index in [4.69, 9.17) is 14.6 Å². The summed E-state index contributed by atoms with van der Waals surface area (Å²) in [4.78, 5) is 15.1. The monoisotopic (exact) mass is 388 g/mol. The predicted molar refractivity (Wildman–Crippen MR) is 107 cm³/mol. The first-order valence-electron chi connectivity index (χ1n) is 10.4. The van der Waals surface area contributed by atoms with Gasteiger partial charge in [0.1, 0.15) is 12.2 Å². The summed E-state index contributed by atoms with van der Waals surface area (Å²) in [6.45, 7) is 6.99. The van der Waals surface area contributed by atoms with Gasteiger partial charge in [0.15, 0.2) is 0 Å². The molecule has 1 saturated heterocycles. The normalized spacial score (nSPS) is 20.2. The van der Waals surface area contributed by atoms with Crippen molar-refractivity contribution in [3.05, 3.63) is 17.5 Å². The van der Waals surface area contributed by atoms with Crippen molar-refractivity contribution in [2.75, 3.05) is 26.8 Å². The molecular weight excluding hydrogens is 356 g/mol. The molecule has 7 heteroatoms. The van der Waals surface area contributed by atoms with Crippen LogP contribution in [0, 0.1) is 12.0 Å². The molecular formula is C21H32N4O3. The van der Waals surface area contributed by atoms with Gasteiger partial charge in [-0.15, -0.1) is 0 Å². The van der Waals surface area contributed by atoms with E-state index >= 15 is 0 Å². The lowest BCUT2D eigenvalue weighted by molar-refractivity contribution is -0.148. The van der Waals surface area contributed by atoms with Crippen molar-refractivity contribution in [3.8, 4) is 12.0 Å². The summed E-state index contributed by atoms with van der Waals surface area (Å²) in [7, 11) is 1.58. The van der Waals surface area contributed by atoms with Gasteiger partial charge < -0.3 is 19.7 Å². The summed E-state index contributed by atoms with van der Waals surface area (Å²) in [5.74, 6) is 3.08. The zero-order valence-corrected chi connectivity index (χ0v) is 17.2. The second-order valence-corrected chi connectivity index (χ2v) is 7.43. The molecule has 0 aromatic carbocycles. The van der Waals surface area contributed by atoms with E-state index in [9.17, 15) is 4.79 Å². The van der Waals surface area contributed by atoms with Crippen LogP contribution in [0.5, 0.6) is 0 Å². The van der Waals surface area contributed by atoms with Crippen molar-refractivity contribution in [3.63, 3.8) is 0 Å². The average Bonchev–Trinajstić information content (AvgIpc) is 3.47. The number of hydrogen-bond acceptors (Lipinski definition) is 5. The Kier molecular flexibility index (Phi) is 7.35. The number of nitrogens with zero attached hydrogens (tertiary/aromatic N) is 3. The van der Waals surface area contributed by atoms with E-state index < -0.39 is 0 Å². The number of hydrogen-bond donors (Lipinski definition) is 1. The Morgan fingerprint density at radius 3 is 3.00 bits per heavy atom. The number of amides is 1. The third-order valence-electron chi connectivity index (χ3n) is 5.33. The van der Waals surface area contributed by atoms with E-state index in [1.807, 2.05) is 9.58 Å². The predicted octanol–water partition coefficient (Wildman–Crippen LogP) is 1.87. The maximum atomic E-state index is 13.1. The summed E-state index contributed by atoms with van der Waals surface area (Å²) >= 11 is 0. The Morgan fingerprint density at radius 2 is 2.36 bits per heavy atom. The van der Waals surface area contributed by atoms with Crippen molar-refractivity contribution in [2.24, 2.45) is 0 Å². The SMILES string of the molecule is CCn1nc([C@@H](C)N(C(=O)[C@H]2CNCCO2)C2CC2)cc1CCCC#COC. The number of carbonyl (C=O) groups is 1. The summed E-state index contributed by atoms with van der Waals surface area (Å²) in [6, 6.07) is 2.42. The number of carbonyl (C=O) groups excluding carboxylic acids is 1. The maximum Gasteiger partial charge on any atom is 0.253 e. The fraction of sp³-hybridized carbons (Fsp3) is 0.714. The molecule has 2 fully saturated rings. The highest BCUT2D eigenvalue weighted by molar-refractivity contribution is 5.82. The van der Waals surface area contributed by atoms with Crippen LogP contribution in [0.3, 0.4) is 0 Å². The lowest BCUT2D eigenvalue weighted by atomic mass is 10.1. The number of aryl methyl sites for hydroxylation is 2. The molecule has 7 nitrogen and oxygen atoms in total. The van der Waals surface area contributed by atoms with Gasteiger partial charge in [0.2, 0.25) is 0 Å². The second-order valence-electron chi connectivity index (χ2n) is 7.43. The van der Waals surface area contributed by atoms with E-state index in [-0.39, 0.29) is 18.1 Å². The molecule has 0 unspecified atom stereocenters. The van der Waals surface area contributed by atoms with Crippen LogP contribution in [0.25, 0.3) is 0 Å². The quantitative estimate of drug-likeness (QED) is 0.544. The van der Waals surface area contributed by atoms with Crippen LogP contribution in [-0.2, 0) is 27.2 Å². The van der Waals surface area contributed by atoms with E-state index in [0.29, 0.717) is 19.2 Å². The molecule has 0 bridgehead atoms. The lowest BCUT2D eigenvalue weighted by Gasteiger charge is -2.33. The fourth-order valence-corrected chi connectivity index (χ4v) is 3.71. The summed E-state index contributed by atoms with van der Waals surface area (Å²) in [6.07, 6.45) is 7.05. The minimum absolute atomic E-state index is 0.0506. The molecule has 154 valence electrons. The number of nitrogens with one attached hydrogen (secondary N) is 1. The Bertz CT molecular complexity index is 711. The van der Waals surface area contributed by atoms with Crippen molar-refractivity contribution >= 4 is 5.91 Å². The van der Waals surface area contributed by atoms with E-state index in [0.717, 1.165) is 50.9 Å². The number of rotatable bonds is 8. The molecule has 1 N–H and O–H groups in total. The maximum absolute atomic E-state index is 13.1. The topological polar surface area (TPSA) is 68.6 Å². The average molecular weight is 389 g/mol. The fourth-order valence-electron chi connectivity index (χ4n) is 3.71. The van der Waals surface area contributed by atoms with Gasteiger partial charge in [0.25, 0.3) is 5.91 Å². The van der Waals surface area contributed by atoms with Crippen molar-refractivity contribution < 1.29 is 14.3 Å². The standard InChI is InChI=1S/C21H32N4O3/c1-4-24-18(8-6-5-7-12-27-3)14-19(23-24)16(2)25(17-9-10-17)21(26)20-15-22-11-13-28-20/h14,16-17,20,22H,4-6,8-11,13,15H2,1-3H3/t16-,20-/m1/s1. The van der Waals surface area contributed by atoms with Crippen molar-refractivity contribution in [2.45, 2.75) is 70.7 Å². The molecule has 0 radical (unpaired) electrons. The Morgan fingerprint density at radius 1 is 1.54 bits per heavy atom. The highest BCUT2D eigenvalue weighted by atomic mass is 16.5. The van der Waals surface area contributed by atoms with E-state index in [2.05, 4.69) is 37.3 Å². The molecule has 1 amide bonds. The molecule has 28 heavy (non-hydrogen) atoms. The summed E-state index contributed by atoms with van der Waals surface area (Å²) < 4.78 is 12.5. The van der Waals surface area contributed by atoms with Crippen LogP contribution < -0.4 is 5.32 Å². The smallest absolute Gasteiger partial charge is 0.253 e. The highest BCUT2D eigenvalue weighted by Gasteiger charge is 2.40. The van der Waals surface area contributed by atoms with Crippen LogP contribution >= 0.6 is 0 Å². The second kappa shape index (κ2) is 9.94. The molecule has 2 heterocycles. The van der Waals surface area contributed by atoms with Gasteiger partial charge in [0, 0.05) is 37.8 Å².